The van der Waals surface area contributed by atoms with Crippen LogP contribution in [0.4, 0.5) is 18.9 Å². The molecule has 1 aliphatic carbocycles. The molecule has 1 aromatic rings. The Kier molecular flexibility index (Phi) is 8.03. The molecule has 4 nitrogen and oxygen atoms in total. The number of nitrogens with one attached hydrogen (secondary N) is 1. The van der Waals surface area contributed by atoms with Crippen LogP contribution < -0.4 is 10.2 Å². The molecule has 31 heavy (non-hydrogen) atoms. The average Bonchev–Trinajstić information content (AvgIpc) is 2.92. The Morgan fingerprint density at radius 2 is 1.42 bits per heavy atom. The van der Waals surface area contributed by atoms with Crippen LogP contribution in [0.2, 0.25) is 0 Å². The Hall–Kier alpha value is -2.02. The lowest BCUT2D eigenvalue weighted by Crippen LogP contribution is -2.37. The molecule has 170 valence electrons. The van der Waals surface area contributed by atoms with E-state index in [4.69, 9.17) is 11.6 Å². The molecule has 0 atom stereocenters. The Labute approximate surface area is 185 Å². The second kappa shape index (κ2) is 10.5. The van der Waals surface area contributed by atoms with E-state index in [1.807, 2.05) is 0 Å². The van der Waals surface area contributed by atoms with Crippen molar-refractivity contribution in [3.8, 4) is 0 Å². The summed E-state index contributed by atoms with van der Waals surface area (Å²) in [6.45, 7) is 0. The second-order valence-electron chi connectivity index (χ2n) is 8.28. The first-order chi connectivity index (χ1) is 14.8. The zero-order valence-corrected chi connectivity index (χ0v) is 18.2. The molecule has 8 heteroatoms. The molecule has 2 amide bonds. The van der Waals surface area contributed by atoms with Crippen LogP contribution in [0.15, 0.2) is 35.0 Å². The SMILES string of the molecule is O=C1C(Cl)=C(NC2CCCCCCCCCCC2)C(=O)N1c1cccc(C(F)(F)F)c1. The summed E-state index contributed by atoms with van der Waals surface area (Å²) in [6, 6.07) is 4.16. The van der Waals surface area contributed by atoms with Crippen LogP contribution in [-0.2, 0) is 15.8 Å². The van der Waals surface area contributed by atoms with E-state index in [9.17, 15) is 22.8 Å². The second-order valence-corrected chi connectivity index (χ2v) is 8.66. The first-order valence-corrected chi connectivity index (χ1v) is 11.4. The van der Waals surface area contributed by atoms with Crippen molar-refractivity contribution in [2.24, 2.45) is 0 Å². The number of rotatable bonds is 3. The predicted octanol–water partition coefficient (Wildman–Crippen LogP) is 6.29. The number of alkyl halides is 3. The van der Waals surface area contributed by atoms with Gasteiger partial charge >= 0.3 is 6.18 Å². The molecule has 1 aromatic carbocycles. The van der Waals surface area contributed by atoms with Crippen LogP contribution >= 0.6 is 11.6 Å². The fraction of sp³-hybridized carbons (Fsp3) is 0.565. The Balaban J connectivity index is 1.74. The smallest absolute Gasteiger partial charge is 0.376 e. The van der Waals surface area contributed by atoms with Gasteiger partial charge in [-0.1, -0.05) is 75.5 Å². The minimum atomic E-state index is -4.58. The van der Waals surface area contributed by atoms with Gasteiger partial charge < -0.3 is 5.32 Å². The lowest BCUT2D eigenvalue weighted by molar-refractivity contribution is -0.137. The van der Waals surface area contributed by atoms with Gasteiger partial charge in [0.05, 0.1) is 11.3 Å². The number of halogens is 4. The molecule has 0 radical (unpaired) electrons. The molecule has 2 aliphatic rings. The van der Waals surface area contributed by atoms with Crippen LogP contribution in [0, 0.1) is 0 Å². The van der Waals surface area contributed by atoms with Gasteiger partial charge in [-0.3, -0.25) is 9.59 Å². The molecule has 0 aromatic heterocycles. The number of amides is 2. The van der Waals surface area contributed by atoms with Crippen molar-refractivity contribution in [1.82, 2.24) is 5.32 Å². The van der Waals surface area contributed by atoms with E-state index in [1.165, 1.54) is 44.2 Å². The van der Waals surface area contributed by atoms with Gasteiger partial charge in [-0.15, -0.1) is 0 Å². The molecule has 1 aliphatic heterocycles. The van der Waals surface area contributed by atoms with Crippen molar-refractivity contribution in [3.63, 3.8) is 0 Å². The summed E-state index contributed by atoms with van der Waals surface area (Å²) in [5.74, 6) is -1.51. The number of nitrogens with zero attached hydrogens (tertiary/aromatic N) is 1. The van der Waals surface area contributed by atoms with Gasteiger partial charge in [0, 0.05) is 6.04 Å². The molecule has 1 fully saturated rings. The maximum atomic E-state index is 13.1. The average molecular weight is 457 g/mol. The molecule has 0 spiro atoms. The number of benzene rings is 1. The molecule has 0 unspecified atom stereocenters. The third kappa shape index (κ3) is 6.03. The predicted molar refractivity (Wildman–Crippen MR) is 115 cm³/mol. The van der Waals surface area contributed by atoms with Crippen LogP contribution in [-0.4, -0.2) is 17.9 Å². The minimum absolute atomic E-state index is 0.00128. The molecular formula is C23H28ClF3N2O2. The summed E-state index contributed by atoms with van der Waals surface area (Å²) in [5, 5.41) is 2.89. The quantitative estimate of drug-likeness (QED) is 0.543. The first kappa shape index (κ1) is 23.6. The summed E-state index contributed by atoms with van der Waals surface area (Å²) in [6.07, 6.45) is 7.57. The molecule has 0 bridgehead atoms. The summed E-state index contributed by atoms with van der Waals surface area (Å²) in [4.78, 5) is 26.3. The number of hydrogen-bond donors (Lipinski definition) is 1. The van der Waals surface area contributed by atoms with Gasteiger partial charge in [0.15, 0.2) is 0 Å². The molecule has 1 N–H and O–H groups in total. The summed E-state index contributed by atoms with van der Waals surface area (Å²) in [5.41, 5.74) is -1.08. The number of carbonyl (C=O) groups is 2. The van der Waals surface area contributed by atoms with Crippen molar-refractivity contribution < 1.29 is 22.8 Å². The fourth-order valence-corrected chi connectivity index (χ4v) is 4.42. The Bertz CT molecular complexity index is 826. The lowest BCUT2D eigenvalue weighted by atomic mass is 9.98. The lowest BCUT2D eigenvalue weighted by Gasteiger charge is -2.22. The van der Waals surface area contributed by atoms with E-state index >= 15 is 0 Å². The van der Waals surface area contributed by atoms with E-state index in [1.54, 1.807) is 0 Å². The third-order valence-corrected chi connectivity index (χ3v) is 6.26. The van der Waals surface area contributed by atoms with Crippen molar-refractivity contribution >= 4 is 29.1 Å². The zero-order chi connectivity index (χ0) is 22.4. The van der Waals surface area contributed by atoms with E-state index in [-0.39, 0.29) is 22.5 Å². The fourth-order valence-electron chi connectivity index (χ4n) is 4.20. The maximum Gasteiger partial charge on any atom is 0.416 e. The van der Waals surface area contributed by atoms with Crippen LogP contribution in [0.3, 0.4) is 0 Å². The van der Waals surface area contributed by atoms with Gasteiger partial charge in [-0.25, -0.2) is 4.90 Å². The van der Waals surface area contributed by atoms with Crippen molar-refractivity contribution in [2.75, 3.05) is 4.90 Å². The van der Waals surface area contributed by atoms with Crippen LogP contribution in [0.5, 0.6) is 0 Å². The molecule has 0 saturated heterocycles. The highest BCUT2D eigenvalue weighted by Crippen LogP contribution is 2.34. The van der Waals surface area contributed by atoms with E-state index < -0.39 is 23.6 Å². The molecular weight excluding hydrogens is 429 g/mol. The largest absolute Gasteiger partial charge is 0.416 e. The highest BCUT2D eigenvalue weighted by Gasteiger charge is 2.40. The maximum absolute atomic E-state index is 13.1. The summed E-state index contributed by atoms with van der Waals surface area (Å²) < 4.78 is 39.2. The van der Waals surface area contributed by atoms with E-state index in [0.717, 1.165) is 55.6 Å². The highest BCUT2D eigenvalue weighted by atomic mass is 35.5. The standard InChI is InChI=1S/C23H28ClF3N2O2/c24-19-20(28-17-12-8-6-4-2-1-3-5-7-9-13-17)22(31)29(21(19)30)18-14-10-11-16(15-18)23(25,26)27/h10-11,14-15,17,28H,1-9,12-13H2. The number of hydrogen-bond acceptors (Lipinski definition) is 3. The molecule has 1 heterocycles. The van der Waals surface area contributed by atoms with Crippen molar-refractivity contribution in [3.05, 3.63) is 40.6 Å². The normalized spacial score (nSPS) is 20.6. The van der Waals surface area contributed by atoms with Gasteiger partial charge in [0.2, 0.25) is 0 Å². The first-order valence-electron chi connectivity index (χ1n) is 11.0. The third-order valence-electron chi connectivity index (χ3n) is 5.91. The van der Waals surface area contributed by atoms with Gasteiger partial charge in [-0.05, 0) is 31.0 Å². The van der Waals surface area contributed by atoms with Crippen molar-refractivity contribution in [1.29, 1.82) is 0 Å². The summed E-state index contributed by atoms with van der Waals surface area (Å²) >= 11 is 6.18. The topological polar surface area (TPSA) is 49.4 Å². The number of imide groups is 1. The van der Waals surface area contributed by atoms with Crippen LogP contribution in [0.25, 0.3) is 0 Å². The summed E-state index contributed by atoms with van der Waals surface area (Å²) in [7, 11) is 0. The number of carbonyl (C=O) groups excluding carboxylic acids is 2. The van der Waals surface area contributed by atoms with E-state index in [2.05, 4.69) is 5.32 Å². The van der Waals surface area contributed by atoms with Crippen LogP contribution in [0.1, 0.15) is 76.2 Å². The van der Waals surface area contributed by atoms with Gasteiger partial charge in [0.1, 0.15) is 10.7 Å². The van der Waals surface area contributed by atoms with E-state index in [0.29, 0.717) is 0 Å². The van der Waals surface area contributed by atoms with Gasteiger partial charge in [0.25, 0.3) is 11.8 Å². The minimum Gasteiger partial charge on any atom is -0.376 e. The number of anilines is 1. The molecule has 3 rings (SSSR count). The monoisotopic (exact) mass is 456 g/mol. The van der Waals surface area contributed by atoms with Gasteiger partial charge in [-0.2, -0.15) is 13.2 Å². The Morgan fingerprint density at radius 3 is 1.97 bits per heavy atom. The Morgan fingerprint density at radius 1 is 0.871 bits per heavy atom. The highest BCUT2D eigenvalue weighted by molar-refractivity contribution is 6.52. The zero-order valence-electron chi connectivity index (χ0n) is 17.4. The van der Waals surface area contributed by atoms with Crippen molar-refractivity contribution in [2.45, 2.75) is 82.8 Å². The molecule has 1 saturated carbocycles.